The fourth-order valence-corrected chi connectivity index (χ4v) is 1.41. The minimum absolute atomic E-state index is 0.0544. The van der Waals surface area contributed by atoms with Gasteiger partial charge in [0.25, 0.3) is 0 Å². The number of carbonyl (C=O) groups excluding carboxylic acids is 1. The molecule has 0 aliphatic carbocycles. The van der Waals surface area contributed by atoms with Crippen molar-refractivity contribution in [3.63, 3.8) is 0 Å². The quantitative estimate of drug-likeness (QED) is 0.485. The molecule has 0 aromatic heterocycles. The van der Waals surface area contributed by atoms with Gasteiger partial charge in [-0.3, -0.25) is 4.79 Å². The maximum Gasteiger partial charge on any atom is 0.234 e. The lowest BCUT2D eigenvalue weighted by Crippen LogP contribution is -2.43. The SMILES string of the molecule is C=CCNCC(=O)NC1CCOCC1. The first-order chi connectivity index (χ1) is 6.83. The maximum absolute atomic E-state index is 11.3. The van der Waals surface area contributed by atoms with Gasteiger partial charge in [-0.25, -0.2) is 0 Å². The second kappa shape index (κ2) is 6.56. The third kappa shape index (κ3) is 4.39. The summed E-state index contributed by atoms with van der Waals surface area (Å²) >= 11 is 0. The first-order valence-corrected chi connectivity index (χ1v) is 5.01. The lowest BCUT2D eigenvalue weighted by atomic mass is 10.1. The van der Waals surface area contributed by atoms with E-state index in [9.17, 15) is 4.79 Å². The van der Waals surface area contributed by atoms with Gasteiger partial charge in [0.2, 0.25) is 5.91 Å². The van der Waals surface area contributed by atoms with Crippen LogP contribution in [0.5, 0.6) is 0 Å². The Morgan fingerprint density at radius 1 is 1.50 bits per heavy atom. The van der Waals surface area contributed by atoms with Gasteiger partial charge >= 0.3 is 0 Å². The van der Waals surface area contributed by atoms with Gasteiger partial charge in [-0.1, -0.05) is 6.08 Å². The summed E-state index contributed by atoms with van der Waals surface area (Å²) in [5.41, 5.74) is 0. The van der Waals surface area contributed by atoms with Crippen molar-refractivity contribution in [3.8, 4) is 0 Å². The topological polar surface area (TPSA) is 50.4 Å². The van der Waals surface area contributed by atoms with Gasteiger partial charge < -0.3 is 15.4 Å². The van der Waals surface area contributed by atoms with E-state index < -0.39 is 0 Å². The molecule has 0 spiro atoms. The summed E-state index contributed by atoms with van der Waals surface area (Å²) in [6.07, 6.45) is 3.59. The highest BCUT2D eigenvalue weighted by atomic mass is 16.5. The summed E-state index contributed by atoms with van der Waals surface area (Å²) < 4.78 is 5.20. The molecular weight excluding hydrogens is 180 g/mol. The molecule has 1 heterocycles. The summed E-state index contributed by atoms with van der Waals surface area (Å²) in [5.74, 6) is 0.0544. The van der Waals surface area contributed by atoms with E-state index in [1.165, 1.54) is 0 Å². The summed E-state index contributed by atoms with van der Waals surface area (Å²) in [6.45, 7) is 6.10. The Morgan fingerprint density at radius 2 is 2.21 bits per heavy atom. The summed E-state index contributed by atoms with van der Waals surface area (Å²) in [6, 6.07) is 0.293. The molecule has 4 heteroatoms. The minimum Gasteiger partial charge on any atom is -0.381 e. The molecule has 1 rings (SSSR count). The molecule has 0 saturated carbocycles. The molecule has 1 aliphatic rings. The molecule has 1 aliphatic heterocycles. The number of nitrogens with one attached hydrogen (secondary N) is 2. The molecule has 2 N–H and O–H groups in total. The van der Waals surface area contributed by atoms with Crippen LogP contribution in [-0.4, -0.2) is 38.3 Å². The van der Waals surface area contributed by atoms with Crippen LogP contribution in [0.4, 0.5) is 0 Å². The molecule has 4 nitrogen and oxygen atoms in total. The monoisotopic (exact) mass is 198 g/mol. The van der Waals surface area contributed by atoms with Crippen molar-refractivity contribution in [3.05, 3.63) is 12.7 Å². The highest BCUT2D eigenvalue weighted by Gasteiger charge is 2.15. The molecule has 0 atom stereocenters. The molecule has 0 radical (unpaired) electrons. The van der Waals surface area contributed by atoms with Crippen molar-refractivity contribution in [2.45, 2.75) is 18.9 Å². The molecule has 80 valence electrons. The standard InChI is InChI=1S/C10H18N2O2/c1-2-5-11-8-10(13)12-9-3-6-14-7-4-9/h2,9,11H,1,3-8H2,(H,12,13). The Hall–Kier alpha value is -0.870. The maximum atomic E-state index is 11.3. The third-order valence-corrected chi connectivity index (χ3v) is 2.16. The summed E-state index contributed by atoms with van der Waals surface area (Å²) in [5, 5.41) is 5.93. The van der Waals surface area contributed by atoms with Crippen LogP contribution in [0, 0.1) is 0 Å². The molecule has 1 amide bonds. The van der Waals surface area contributed by atoms with Crippen molar-refractivity contribution in [2.24, 2.45) is 0 Å². The third-order valence-electron chi connectivity index (χ3n) is 2.16. The molecule has 1 saturated heterocycles. The second-order valence-electron chi connectivity index (χ2n) is 3.37. The van der Waals surface area contributed by atoms with Crippen molar-refractivity contribution < 1.29 is 9.53 Å². The number of carbonyl (C=O) groups is 1. The Bertz CT molecular complexity index is 189. The molecule has 0 bridgehead atoms. The fourth-order valence-electron chi connectivity index (χ4n) is 1.41. The fraction of sp³-hybridized carbons (Fsp3) is 0.700. The average molecular weight is 198 g/mol. The zero-order chi connectivity index (χ0) is 10.2. The molecular formula is C10H18N2O2. The van der Waals surface area contributed by atoms with Gasteiger partial charge in [0.1, 0.15) is 0 Å². The first-order valence-electron chi connectivity index (χ1n) is 5.01. The highest BCUT2D eigenvalue weighted by Crippen LogP contribution is 2.05. The molecule has 14 heavy (non-hydrogen) atoms. The summed E-state index contributed by atoms with van der Waals surface area (Å²) in [7, 11) is 0. The molecule has 0 aromatic carbocycles. The Balaban J connectivity index is 2.09. The lowest BCUT2D eigenvalue weighted by Gasteiger charge is -2.23. The smallest absolute Gasteiger partial charge is 0.234 e. The van der Waals surface area contributed by atoms with Gasteiger partial charge in [-0.15, -0.1) is 6.58 Å². The van der Waals surface area contributed by atoms with E-state index in [-0.39, 0.29) is 5.91 Å². The summed E-state index contributed by atoms with van der Waals surface area (Å²) in [4.78, 5) is 11.3. The predicted molar refractivity (Wildman–Crippen MR) is 55.1 cm³/mol. The van der Waals surface area contributed by atoms with Crippen LogP contribution < -0.4 is 10.6 Å². The van der Waals surface area contributed by atoms with Crippen LogP contribution in [-0.2, 0) is 9.53 Å². The Labute approximate surface area is 84.7 Å². The van der Waals surface area contributed by atoms with Crippen LogP contribution in [0.2, 0.25) is 0 Å². The normalized spacial score (nSPS) is 17.7. The van der Waals surface area contributed by atoms with Gasteiger partial charge in [0, 0.05) is 25.8 Å². The number of hydrogen-bond donors (Lipinski definition) is 2. The van der Waals surface area contributed by atoms with E-state index in [0.717, 1.165) is 26.1 Å². The van der Waals surface area contributed by atoms with E-state index >= 15 is 0 Å². The van der Waals surface area contributed by atoms with E-state index in [4.69, 9.17) is 4.74 Å². The van der Waals surface area contributed by atoms with E-state index in [2.05, 4.69) is 17.2 Å². The minimum atomic E-state index is 0.0544. The van der Waals surface area contributed by atoms with Crippen LogP contribution in [0.3, 0.4) is 0 Å². The van der Waals surface area contributed by atoms with Crippen LogP contribution >= 0.6 is 0 Å². The van der Waals surface area contributed by atoms with Crippen molar-refractivity contribution in [1.82, 2.24) is 10.6 Å². The second-order valence-corrected chi connectivity index (χ2v) is 3.37. The zero-order valence-electron chi connectivity index (χ0n) is 8.42. The van der Waals surface area contributed by atoms with E-state index in [0.29, 0.717) is 19.1 Å². The number of rotatable bonds is 5. The number of hydrogen-bond acceptors (Lipinski definition) is 3. The van der Waals surface area contributed by atoms with Gasteiger partial charge in [0.05, 0.1) is 6.54 Å². The van der Waals surface area contributed by atoms with Crippen LogP contribution in [0.1, 0.15) is 12.8 Å². The Kier molecular flexibility index (Phi) is 5.25. The number of amides is 1. The van der Waals surface area contributed by atoms with E-state index in [1.54, 1.807) is 6.08 Å². The molecule has 1 fully saturated rings. The predicted octanol–water partition coefficient (Wildman–Crippen LogP) is 0.0572. The average Bonchev–Trinajstić information content (AvgIpc) is 2.20. The van der Waals surface area contributed by atoms with Crippen molar-refractivity contribution in [1.29, 1.82) is 0 Å². The van der Waals surface area contributed by atoms with Gasteiger partial charge in [0.15, 0.2) is 0 Å². The van der Waals surface area contributed by atoms with Crippen molar-refractivity contribution in [2.75, 3.05) is 26.3 Å². The zero-order valence-corrected chi connectivity index (χ0v) is 8.42. The first kappa shape index (κ1) is 11.2. The lowest BCUT2D eigenvalue weighted by molar-refractivity contribution is -0.121. The number of ether oxygens (including phenoxy) is 1. The molecule has 0 unspecified atom stereocenters. The van der Waals surface area contributed by atoms with Gasteiger partial charge in [-0.05, 0) is 12.8 Å². The largest absolute Gasteiger partial charge is 0.381 e. The highest BCUT2D eigenvalue weighted by molar-refractivity contribution is 5.78. The van der Waals surface area contributed by atoms with Crippen LogP contribution in [0.25, 0.3) is 0 Å². The van der Waals surface area contributed by atoms with Gasteiger partial charge in [-0.2, -0.15) is 0 Å². The van der Waals surface area contributed by atoms with E-state index in [1.807, 2.05) is 0 Å². The van der Waals surface area contributed by atoms with Crippen LogP contribution in [0.15, 0.2) is 12.7 Å². The molecule has 0 aromatic rings. The Morgan fingerprint density at radius 3 is 2.86 bits per heavy atom. The van der Waals surface area contributed by atoms with Crippen molar-refractivity contribution >= 4 is 5.91 Å².